The molecule has 0 heterocycles. The van der Waals surface area contributed by atoms with Gasteiger partial charge in [-0.2, -0.15) is 0 Å². The monoisotopic (exact) mass is 314 g/mol. The molecule has 126 valence electrons. The quantitative estimate of drug-likeness (QED) is 0.189. The number of carboxylic acid groups (broad SMARTS) is 1. The van der Waals surface area contributed by atoms with Gasteiger partial charge in [-0.25, -0.2) is 4.79 Å². The van der Waals surface area contributed by atoms with Gasteiger partial charge in [-0.1, -0.05) is 0 Å². The first-order valence-electron chi connectivity index (χ1n) is 5.73. The van der Waals surface area contributed by atoms with Crippen molar-refractivity contribution in [2.75, 3.05) is 13.2 Å². The third kappa shape index (κ3) is 14.8. The van der Waals surface area contributed by atoms with Gasteiger partial charge in [-0.05, 0) is 6.92 Å². The second-order valence-electron chi connectivity index (χ2n) is 3.54. The highest BCUT2D eigenvalue weighted by molar-refractivity contribution is 6.31. The van der Waals surface area contributed by atoms with Crippen molar-refractivity contribution in [3.8, 4) is 0 Å². The van der Waals surface area contributed by atoms with Gasteiger partial charge >= 0.3 is 5.97 Å². The molecule has 0 unspecified atom stereocenters. The molecule has 0 aromatic rings. The van der Waals surface area contributed by atoms with E-state index in [9.17, 15) is 14.4 Å². The van der Waals surface area contributed by atoms with E-state index in [1.807, 2.05) is 0 Å². The van der Waals surface area contributed by atoms with Crippen LogP contribution in [0.25, 0.3) is 0 Å². The molecule has 0 amide bonds. The van der Waals surface area contributed by atoms with E-state index in [4.69, 9.17) is 35.7 Å². The molecule has 4 atom stereocenters. The van der Waals surface area contributed by atoms with Gasteiger partial charge < -0.3 is 40.5 Å². The van der Waals surface area contributed by atoms with Crippen molar-refractivity contribution in [3.05, 3.63) is 0 Å². The summed E-state index contributed by atoms with van der Waals surface area (Å²) in [7, 11) is 0. The van der Waals surface area contributed by atoms with E-state index >= 15 is 0 Å². The highest BCUT2D eigenvalue weighted by atomic mass is 16.4. The average Bonchev–Trinajstić information content (AvgIpc) is 2.45. The number of rotatable bonds is 6. The maximum absolute atomic E-state index is 9.90. The van der Waals surface area contributed by atoms with Crippen LogP contribution >= 0.6 is 0 Å². The van der Waals surface area contributed by atoms with Gasteiger partial charge in [0.05, 0.1) is 6.61 Å². The smallest absolute Gasteiger partial charge is 0.371 e. The lowest BCUT2D eigenvalue weighted by Crippen LogP contribution is -2.46. The molecule has 0 radical (unpaired) electrons. The number of aliphatic carboxylic acids is 1. The fourth-order valence-electron chi connectivity index (χ4n) is 0.618. The Kier molecular flexibility index (Phi) is 17.5. The number of carboxylic acids is 1. The second-order valence-corrected chi connectivity index (χ2v) is 3.54. The van der Waals surface area contributed by atoms with Crippen LogP contribution in [0, 0.1) is 0 Å². The molecule has 0 bridgehead atoms. The Bertz CT molecular complexity index is 281. The molecule has 0 saturated carbocycles. The lowest BCUT2D eigenvalue weighted by atomic mass is 10.0. The van der Waals surface area contributed by atoms with E-state index in [1.165, 1.54) is 0 Å². The fraction of sp³-hybridized carbons (Fsp3) is 0.727. The summed E-state index contributed by atoms with van der Waals surface area (Å²) in [6.07, 6.45) is -6.84. The zero-order valence-corrected chi connectivity index (χ0v) is 11.7. The number of ketones is 1. The minimum atomic E-state index is -1.79. The van der Waals surface area contributed by atoms with E-state index in [1.54, 1.807) is 6.92 Å². The number of hydrogen-bond donors (Lipinski definition) is 7. The molecule has 0 aliphatic rings. The third-order valence-corrected chi connectivity index (χ3v) is 1.72. The molecule has 10 nitrogen and oxygen atoms in total. The molecule has 21 heavy (non-hydrogen) atoms. The Morgan fingerprint density at radius 2 is 1.38 bits per heavy atom. The maximum atomic E-state index is 9.90. The summed E-state index contributed by atoms with van der Waals surface area (Å²) in [6, 6.07) is 0. The van der Waals surface area contributed by atoms with Crippen LogP contribution in [0.5, 0.6) is 0 Å². The Morgan fingerprint density at radius 1 is 1.05 bits per heavy atom. The molecule has 0 fully saturated rings. The summed E-state index contributed by atoms with van der Waals surface area (Å²) in [5.74, 6) is -2.20. The molecular weight excluding hydrogens is 292 g/mol. The van der Waals surface area contributed by atoms with Crippen molar-refractivity contribution >= 4 is 18.0 Å². The second kappa shape index (κ2) is 15.0. The molecule has 0 aromatic heterocycles. The highest BCUT2D eigenvalue weighted by Crippen LogP contribution is 2.02. The van der Waals surface area contributed by atoms with E-state index in [0.717, 1.165) is 6.92 Å². The van der Waals surface area contributed by atoms with E-state index in [-0.39, 0.29) is 12.9 Å². The number of Topliss-reactive ketones (excluding diaryl/α,β-unsaturated/α-hetero) is 1. The minimum Gasteiger partial charge on any atom is -0.476 e. The molecule has 10 heteroatoms. The van der Waals surface area contributed by atoms with Crippen LogP contribution < -0.4 is 0 Å². The Morgan fingerprint density at radius 3 is 1.57 bits per heavy atom. The molecule has 0 spiro atoms. The van der Waals surface area contributed by atoms with Gasteiger partial charge in [-0.3, -0.25) is 4.79 Å². The van der Waals surface area contributed by atoms with Crippen LogP contribution in [-0.4, -0.2) is 91.4 Å². The molecule has 0 aromatic carbocycles. The van der Waals surface area contributed by atoms with E-state index in [2.05, 4.69) is 0 Å². The molecule has 0 aliphatic carbocycles. The third-order valence-electron chi connectivity index (χ3n) is 1.72. The first-order chi connectivity index (χ1) is 9.60. The topological polar surface area (TPSA) is 193 Å². The van der Waals surface area contributed by atoms with Crippen LogP contribution in [0.15, 0.2) is 0 Å². The van der Waals surface area contributed by atoms with Gasteiger partial charge in [0.15, 0.2) is 6.29 Å². The number of carbonyl (C=O) groups is 3. The summed E-state index contributed by atoms with van der Waals surface area (Å²) in [6.45, 7) is 2.17. The van der Waals surface area contributed by atoms with E-state index in [0.29, 0.717) is 0 Å². The Balaban J connectivity index is -0.000000300. The van der Waals surface area contributed by atoms with Crippen molar-refractivity contribution < 1.29 is 50.1 Å². The average molecular weight is 314 g/mol. The summed E-state index contributed by atoms with van der Waals surface area (Å²) < 4.78 is 0. The standard InChI is InChI=1S/C6H12O6.C3H4O3.C2H6O/c7-1-3(9)5(11)6(12)4(10)2-8;1-2(4)3(5)6;1-2-3/h1,3-6,8-12H,2H2;1H3,(H,5,6);3H,2H2,1H3/t3-,4+,5+,6+;;/m0../s1. The van der Waals surface area contributed by atoms with Gasteiger partial charge in [0, 0.05) is 13.5 Å². The van der Waals surface area contributed by atoms with Gasteiger partial charge in [-0.15, -0.1) is 0 Å². The van der Waals surface area contributed by atoms with Gasteiger partial charge in [0.2, 0.25) is 5.78 Å². The van der Waals surface area contributed by atoms with Crippen LogP contribution in [-0.2, 0) is 14.4 Å². The number of hydrogen-bond acceptors (Lipinski definition) is 9. The summed E-state index contributed by atoms with van der Waals surface area (Å²) in [5.41, 5.74) is 0. The maximum Gasteiger partial charge on any atom is 0.371 e. The lowest BCUT2D eigenvalue weighted by Gasteiger charge is -2.22. The first kappa shape index (κ1) is 24.6. The minimum absolute atomic E-state index is 0.0258. The van der Waals surface area contributed by atoms with Crippen LogP contribution in [0.3, 0.4) is 0 Å². The Labute approximate surface area is 120 Å². The number of aliphatic hydroxyl groups is 6. The van der Waals surface area contributed by atoms with Crippen LogP contribution in [0.4, 0.5) is 0 Å². The summed E-state index contributed by atoms with van der Waals surface area (Å²) in [5, 5.41) is 58.7. The predicted molar refractivity (Wildman–Crippen MR) is 68.3 cm³/mol. The molecule has 7 N–H and O–H groups in total. The first-order valence-corrected chi connectivity index (χ1v) is 5.73. The zero-order chi connectivity index (χ0) is 17.6. The number of aliphatic hydroxyl groups excluding tert-OH is 6. The summed E-state index contributed by atoms with van der Waals surface area (Å²) >= 11 is 0. The fourth-order valence-corrected chi connectivity index (χ4v) is 0.618. The van der Waals surface area contributed by atoms with Crippen molar-refractivity contribution in [3.63, 3.8) is 0 Å². The molecule has 0 rings (SSSR count). The van der Waals surface area contributed by atoms with Crippen LogP contribution in [0.1, 0.15) is 13.8 Å². The van der Waals surface area contributed by atoms with E-state index < -0.39 is 42.8 Å². The Hall–Kier alpha value is -1.43. The van der Waals surface area contributed by atoms with Crippen molar-refractivity contribution in [1.82, 2.24) is 0 Å². The summed E-state index contributed by atoms with van der Waals surface area (Å²) in [4.78, 5) is 28.8. The largest absolute Gasteiger partial charge is 0.476 e. The van der Waals surface area contributed by atoms with Crippen molar-refractivity contribution in [2.45, 2.75) is 38.3 Å². The highest BCUT2D eigenvalue weighted by Gasteiger charge is 2.29. The molecule has 0 aliphatic heterocycles. The van der Waals surface area contributed by atoms with Gasteiger partial charge in [0.1, 0.15) is 24.4 Å². The number of carbonyl (C=O) groups excluding carboxylic acids is 2. The van der Waals surface area contributed by atoms with Crippen LogP contribution in [0.2, 0.25) is 0 Å². The predicted octanol–water partition coefficient (Wildman–Crippen LogP) is -3.72. The zero-order valence-electron chi connectivity index (χ0n) is 11.7. The molecule has 0 saturated heterocycles. The SMILES string of the molecule is CC(=O)C(=O)O.CCO.O=C[C@H](O)[C@@H](O)[C@H](O)[C@H](O)CO. The normalized spacial score (nSPS) is 15.0. The number of aldehydes is 1. The lowest BCUT2D eigenvalue weighted by molar-refractivity contribution is -0.148. The van der Waals surface area contributed by atoms with Gasteiger partial charge in [0.25, 0.3) is 0 Å². The van der Waals surface area contributed by atoms with Crippen molar-refractivity contribution in [1.29, 1.82) is 0 Å². The molecular formula is C11H22O10. The van der Waals surface area contributed by atoms with Crippen molar-refractivity contribution in [2.24, 2.45) is 0 Å².